The first-order chi connectivity index (χ1) is 11.0. The Kier molecular flexibility index (Phi) is 6.16. The molecule has 1 fully saturated rings. The second-order valence-electron chi connectivity index (χ2n) is 6.66. The predicted octanol–water partition coefficient (Wildman–Crippen LogP) is 1.25. The third-order valence-electron chi connectivity index (χ3n) is 4.43. The van der Waals surface area contributed by atoms with E-state index >= 15 is 0 Å². The predicted molar refractivity (Wildman–Crippen MR) is 90.1 cm³/mol. The number of rotatable bonds is 7. The molecule has 0 radical (unpaired) electrons. The van der Waals surface area contributed by atoms with Crippen LogP contribution in [0.2, 0.25) is 0 Å². The fourth-order valence-corrected chi connectivity index (χ4v) is 2.98. The van der Waals surface area contributed by atoms with Crippen molar-refractivity contribution in [1.29, 1.82) is 0 Å². The van der Waals surface area contributed by atoms with Crippen molar-refractivity contribution in [1.82, 2.24) is 10.2 Å². The number of aliphatic hydroxyl groups excluding tert-OH is 1. The number of carbonyl (C=O) groups excluding carboxylic acids is 1. The molecular weight excluding hydrogens is 292 g/mol. The number of benzene rings is 1. The molecule has 3 N–H and O–H groups in total. The minimum Gasteiger partial charge on any atom is -0.395 e. The summed E-state index contributed by atoms with van der Waals surface area (Å²) < 4.78 is 0. The molecule has 1 aromatic rings. The van der Waals surface area contributed by atoms with Crippen LogP contribution in [0.4, 0.5) is 0 Å². The van der Waals surface area contributed by atoms with E-state index in [0.717, 1.165) is 12.0 Å². The summed E-state index contributed by atoms with van der Waals surface area (Å²) in [5.41, 5.74) is 1.00. The molecule has 0 aliphatic carbocycles. The van der Waals surface area contributed by atoms with Crippen molar-refractivity contribution in [3.05, 3.63) is 35.4 Å². The van der Waals surface area contributed by atoms with Crippen molar-refractivity contribution in [2.75, 3.05) is 26.2 Å². The highest BCUT2D eigenvalue weighted by Crippen LogP contribution is 2.24. The van der Waals surface area contributed by atoms with Crippen LogP contribution in [0.1, 0.15) is 43.7 Å². The second kappa shape index (κ2) is 7.90. The van der Waals surface area contributed by atoms with E-state index in [1.165, 1.54) is 5.56 Å². The molecule has 1 amide bonds. The van der Waals surface area contributed by atoms with Gasteiger partial charge in [0.25, 0.3) is 5.91 Å². The topological polar surface area (TPSA) is 72.8 Å². The molecule has 5 heteroatoms. The standard InChI is InChI=1S/C18H28N2O3/c1-14(2)16-6-4-15(5-7-16)12-20-10-3-8-18(23,17(20)22)13-19-9-11-21/h4-7,14,19,21,23H,3,8-13H2,1-2H3/t18-/m1/s1. The van der Waals surface area contributed by atoms with E-state index in [4.69, 9.17) is 5.11 Å². The molecule has 0 spiro atoms. The van der Waals surface area contributed by atoms with E-state index in [9.17, 15) is 9.90 Å². The van der Waals surface area contributed by atoms with Crippen LogP contribution in [0.5, 0.6) is 0 Å². The van der Waals surface area contributed by atoms with E-state index in [2.05, 4.69) is 43.4 Å². The normalized spacial score (nSPS) is 22.0. The highest BCUT2D eigenvalue weighted by Gasteiger charge is 2.41. The van der Waals surface area contributed by atoms with Crippen molar-refractivity contribution in [2.24, 2.45) is 0 Å². The molecule has 0 bridgehead atoms. The average Bonchev–Trinajstić information content (AvgIpc) is 2.53. The lowest BCUT2D eigenvalue weighted by Gasteiger charge is -2.38. The molecule has 1 aliphatic heterocycles. The van der Waals surface area contributed by atoms with Crippen LogP contribution in [-0.2, 0) is 11.3 Å². The number of nitrogens with one attached hydrogen (secondary N) is 1. The number of hydrogen-bond donors (Lipinski definition) is 3. The molecule has 128 valence electrons. The Bertz CT molecular complexity index is 516. The van der Waals surface area contributed by atoms with Gasteiger partial charge in [-0.05, 0) is 29.9 Å². The van der Waals surface area contributed by atoms with E-state index in [1.807, 2.05) is 0 Å². The smallest absolute Gasteiger partial charge is 0.256 e. The highest BCUT2D eigenvalue weighted by atomic mass is 16.3. The molecule has 1 aromatic carbocycles. The van der Waals surface area contributed by atoms with Crippen molar-refractivity contribution >= 4 is 5.91 Å². The quantitative estimate of drug-likeness (QED) is 0.661. The summed E-state index contributed by atoms with van der Waals surface area (Å²) in [6, 6.07) is 8.31. The molecule has 1 atom stereocenters. The Morgan fingerprint density at radius 2 is 2.00 bits per heavy atom. The van der Waals surface area contributed by atoms with E-state index in [0.29, 0.717) is 32.0 Å². The lowest BCUT2D eigenvalue weighted by Crippen LogP contribution is -2.57. The van der Waals surface area contributed by atoms with E-state index in [-0.39, 0.29) is 19.1 Å². The Morgan fingerprint density at radius 1 is 1.30 bits per heavy atom. The minimum atomic E-state index is -1.36. The SMILES string of the molecule is CC(C)c1ccc(CN2CCC[C@@](O)(CNCCO)C2=O)cc1. The maximum absolute atomic E-state index is 12.6. The summed E-state index contributed by atoms with van der Waals surface area (Å²) in [5.74, 6) is 0.269. The van der Waals surface area contributed by atoms with E-state index < -0.39 is 5.60 Å². The van der Waals surface area contributed by atoms with Gasteiger partial charge in [0.2, 0.25) is 0 Å². The number of nitrogens with zero attached hydrogens (tertiary/aromatic N) is 1. The van der Waals surface area contributed by atoms with Gasteiger partial charge in [0.15, 0.2) is 5.60 Å². The largest absolute Gasteiger partial charge is 0.395 e. The van der Waals surface area contributed by atoms with Crippen LogP contribution < -0.4 is 5.32 Å². The van der Waals surface area contributed by atoms with Gasteiger partial charge in [-0.1, -0.05) is 38.1 Å². The molecule has 0 unspecified atom stereocenters. The van der Waals surface area contributed by atoms with Gasteiger partial charge in [-0.25, -0.2) is 0 Å². The van der Waals surface area contributed by atoms with Crippen LogP contribution in [0.3, 0.4) is 0 Å². The summed E-state index contributed by atoms with van der Waals surface area (Å²) in [5, 5.41) is 22.3. The fourth-order valence-electron chi connectivity index (χ4n) is 2.98. The molecule has 0 saturated carbocycles. The number of carbonyl (C=O) groups is 1. The Hall–Kier alpha value is -1.43. The number of piperidine rings is 1. The second-order valence-corrected chi connectivity index (χ2v) is 6.66. The zero-order valence-corrected chi connectivity index (χ0v) is 14.1. The average molecular weight is 320 g/mol. The van der Waals surface area contributed by atoms with Gasteiger partial charge in [-0.2, -0.15) is 0 Å². The third kappa shape index (κ3) is 4.53. The van der Waals surface area contributed by atoms with Gasteiger partial charge in [0, 0.05) is 26.2 Å². The van der Waals surface area contributed by atoms with Crippen molar-refractivity contribution in [3.8, 4) is 0 Å². The molecule has 23 heavy (non-hydrogen) atoms. The summed E-state index contributed by atoms with van der Waals surface area (Å²) in [7, 11) is 0. The number of likely N-dealkylation sites (tertiary alicyclic amines) is 1. The zero-order chi connectivity index (χ0) is 16.9. The molecule has 1 saturated heterocycles. The van der Waals surface area contributed by atoms with Crippen molar-refractivity contribution in [2.45, 2.75) is 44.8 Å². The van der Waals surface area contributed by atoms with Crippen LogP contribution >= 0.6 is 0 Å². The van der Waals surface area contributed by atoms with Gasteiger partial charge in [-0.15, -0.1) is 0 Å². The van der Waals surface area contributed by atoms with Gasteiger partial charge in [0.05, 0.1) is 6.61 Å². The molecule has 5 nitrogen and oxygen atoms in total. The van der Waals surface area contributed by atoms with E-state index in [1.54, 1.807) is 4.90 Å². The molecule has 2 rings (SSSR count). The summed E-state index contributed by atoms with van der Waals surface area (Å²) in [6.45, 7) is 6.08. The van der Waals surface area contributed by atoms with Gasteiger partial charge >= 0.3 is 0 Å². The van der Waals surface area contributed by atoms with Crippen molar-refractivity contribution in [3.63, 3.8) is 0 Å². The van der Waals surface area contributed by atoms with Crippen LogP contribution in [0.15, 0.2) is 24.3 Å². The lowest BCUT2D eigenvalue weighted by atomic mass is 9.91. The number of aliphatic hydroxyl groups is 2. The fraction of sp³-hybridized carbons (Fsp3) is 0.611. The Labute approximate surface area is 138 Å². The summed E-state index contributed by atoms with van der Waals surface area (Å²) in [4.78, 5) is 14.3. The first-order valence-corrected chi connectivity index (χ1v) is 8.38. The molecular formula is C18H28N2O3. The van der Waals surface area contributed by atoms with Gasteiger partial charge in [0.1, 0.15) is 0 Å². The molecule has 1 aliphatic rings. The van der Waals surface area contributed by atoms with Gasteiger partial charge in [-0.3, -0.25) is 4.79 Å². The maximum atomic E-state index is 12.6. The number of hydrogen-bond acceptors (Lipinski definition) is 4. The third-order valence-corrected chi connectivity index (χ3v) is 4.43. The Morgan fingerprint density at radius 3 is 2.61 bits per heavy atom. The minimum absolute atomic E-state index is 0.00379. The first kappa shape index (κ1) is 17.9. The number of amides is 1. The Balaban J connectivity index is 2.00. The van der Waals surface area contributed by atoms with Crippen molar-refractivity contribution < 1.29 is 15.0 Å². The lowest BCUT2D eigenvalue weighted by molar-refractivity contribution is -0.157. The zero-order valence-electron chi connectivity index (χ0n) is 14.1. The molecule has 1 heterocycles. The van der Waals surface area contributed by atoms with Crippen LogP contribution in [0.25, 0.3) is 0 Å². The van der Waals surface area contributed by atoms with Crippen LogP contribution in [0, 0.1) is 0 Å². The molecule has 0 aromatic heterocycles. The summed E-state index contributed by atoms with van der Waals surface area (Å²) in [6.07, 6.45) is 1.25. The first-order valence-electron chi connectivity index (χ1n) is 8.38. The summed E-state index contributed by atoms with van der Waals surface area (Å²) >= 11 is 0. The van der Waals surface area contributed by atoms with Crippen LogP contribution in [-0.4, -0.2) is 52.9 Å². The maximum Gasteiger partial charge on any atom is 0.256 e. The monoisotopic (exact) mass is 320 g/mol. The van der Waals surface area contributed by atoms with Gasteiger partial charge < -0.3 is 20.4 Å². The highest BCUT2D eigenvalue weighted by molar-refractivity contribution is 5.86.